The highest BCUT2D eigenvalue weighted by Gasteiger charge is 2.50. The van der Waals surface area contributed by atoms with Crippen molar-refractivity contribution >= 4 is 99.0 Å². The Labute approximate surface area is 726 Å². The summed E-state index contributed by atoms with van der Waals surface area (Å²) in [7, 11) is -18.3. The molecule has 43 nitrogen and oxygen atoms in total. The summed E-state index contributed by atoms with van der Waals surface area (Å²) in [5, 5.41) is 8.34. The van der Waals surface area contributed by atoms with Crippen molar-refractivity contribution in [2.75, 3.05) is 42.4 Å². The second-order valence-corrected chi connectivity index (χ2v) is 38.1. The smallest absolute Gasteiger partial charge is 0.352 e. The number of benzene rings is 3. The highest BCUT2D eigenvalue weighted by Crippen LogP contribution is 2.60. The zero-order chi connectivity index (χ0) is 89.9. The lowest BCUT2D eigenvalue weighted by atomic mass is 10.0. The van der Waals surface area contributed by atoms with Crippen LogP contribution in [0.5, 0.6) is 0 Å². The van der Waals surface area contributed by atoms with Crippen molar-refractivity contribution in [1.82, 2.24) is 77.7 Å². The first-order valence-corrected chi connectivity index (χ1v) is 46.9. The molecule has 3 aromatic carbocycles. The van der Waals surface area contributed by atoms with E-state index >= 15 is 13.7 Å². The molecule has 128 heavy (non-hydrogen) atoms. The Morgan fingerprint density at radius 2 is 0.695 bits per heavy atom. The van der Waals surface area contributed by atoms with E-state index in [9.17, 15) is 38.1 Å². The summed E-state index contributed by atoms with van der Waals surface area (Å²) in [4.78, 5) is 136. The molecule has 11 aromatic rings. The standard InChI is InChI=1S/C81H87N19O24P4/c1-9-52-53(30-63(116-52)98-43-88-66-69(82-40-85-72(66)98)91-77(103)49-23-17-14-18-24-49)121-126(109,11-3)113-37-58-54(31-62(118-58)97-35-48(8)76(102)95-81(97)107)122-127(110,12-4)114-39-60-56(33-65(120-60)100-45-90-68-71(84-42-87-74(68)100)93-79(105)51-27-21-16-22-28-51)124-128(111,13-5)115-38-59-55(123-125(108,10-2)112-36-57-46(6)29-61(117-57)96-34-47(7)75(101)94-80(96)106)32-64(119-59)99-44-89-67-70(83-41-86-73(67)99)92-78(104)50-25-19-15-20-26-50/h10-28,34-35,40-46,52-65H,2-5,9,29-33,36-39H2,1,6-8H3,(H,94,101,106)(H,95,102,107)(H,82,85,91,103)(H,83,86,92,104)(H,84,87,93,105). The molecule has 0 spiro atoms. The predicted octanol–water partition coefficient (Wildman–Crippen LogP) is 11.4. The van der Waals surface area contributed by atoms with Gasteiger partial charge in [0.1, 0.15) is 86.7 Å². The number of rotatable bonds is 36. The third-order valence-corrected chi connectivity index (χ3v) is 28.2. The molecule has 16 rings (SSSR count). The molecule has 19 atom stereocenters. The van der Waals surface area contributed by atoms with E-state index in [2.05, 4.69) is 97.1 Å². The number of ether oxygens (including phenoxy) is 5. The number of hydrogen-bond acceptors (Lipinski definition) is 33. The number of carbonyl (C=O) groups excluding carboxylic acids is 3. The summed E-state index contributed by atoms with van der Waals surface area (Å²) >= 11 is 0. The summed E-state index contributed by atoms with van der Waals surface area (Å²) < 4.78 is 151. The second kappa shape index (κ2) is 38.0. The van der Waals surface area contributed by atoms with E-state index in [1.54, 1.807) is 102 Å². The minimum Gasteiger partial charge on any atom is -0.352 e. The maximum atomic E-state index is 15.7. The van der Waals surface area contributed by atoms with Crippen LogP contribution in [0.25, 0.3) is 33.5 Å². The molecule has 3 amide bonds. The average molecular weight is 1830 g/mol. The quantitative estimate of drug-likeness (QED) is 0.0228. The van der Waals surface area contributed by atoms with Crippen LogP contribution in [0.1, 0.15) is 126 Å². The third-order valence-electron chi connectivity index (χ3n) is 22.1. The number of fused-ring (bicyclic) bond motifs is 3. The first kappa shape index (κ1) is 89.8. The predicted molar refractivity (Wildman–Crippen MR) is 458 cm³/mol. The molecule has 13 heterocycles. The van der Waals surface area contributed by atoms with Crippen LogP contribution in [0.15, 0.2) is 210 Å². The zero-order valence-electron chi connectivity index (χ0n) is 69.0. The number of aromatic amines is 2. The number of hydrogen-bond donors (Lipinski definition) is 5. The zero-order valence-corrected chi connectivity index (χ0v) is 72.6. The number of amides is 3. The van der Waals surface area contributed by atoms with Crippen molar-refractivity contribution in [3.8, 4) is 0 Å². The minimum absolute atomic E-state index is 0.0248. The molecule has 19 unspecified atom stereocenters. The van der Waals surface area contributed by atoms with Crippen LogP contribution in [0.3, 0.4) is 0 Å². The van der Waals surface area contributed by atoms with Gasteiger partial charge in [0, 0.05) is 89.2 Å². The number of imidazole rings is 3. The van der Waals surface area contributed by atoms with Crippen LogP contribution < -0.4 is 38.4 Å². The van der Waals surface area contributed by atoms with Gasteiger partial charge in [0.25, 0.3) is 28.8 Å². The van der Waals surface area contributed by atoms with E-state index in [-0.39, 0.29) is 94.6 Å². The van der Waals surface area contributed by atoms with E-state index < -0.39 is 176 Å². The van der Waals surface area contributed by atoms with Gasteiger partial charge in [-0.2, -0.15) is 0 Å². The van der Waals surface area contributed by atoms with Crippen molar-refractivity contribution in [1.29, 1.82) is 0 Å². The van der Waals surface area contributed by atoms with Gasteiger partial charge < -0.3 is 57.7 Å². The van der Waals surface area contributed by atoms with Crippen molar-refractivity contribution in [3.05, 3.63) is 260 Å². The fraction of sp³-hybridized carbons (Fsp3) is 0.358. The van der Waals surface area contributed by atoms with E-state index in [1.807, 2.05) is 13.8 Å². The van der Waals surface area contributed by atoms with E-state index in [1.165, 1.54) is 71.0 Å². The van der Waals surface area contributed by atoms with E-state index in [0.717, 1.165) is 27.8 Å². The molecule has 47 heteroatoms. The van der Waals surface area contributed by atoms with Gasteiger partial charge in [0.2, 0.25) is 0 Å². The van der Waals surface area contributed by atoms with Gasteiger partial charge in [-0.15, -0.1) is 0 Å². The Bertz CT molecular complexity index is 6510. The molecule has 670 valence electrons. The fourth-order valence-corrected chi connectivity index (χ4v) is 20.1. The molecule has 0 aliphatic carbocycles. The lowest BCUT2D eigenvalue weighted by molar-refractivity contribution is -0.0522. The van der Waals surface area contributed by atoms with Gasteiger partial charge in [-0.3, -0.25) is 93.1 Å². The monoisotopic (exact) mass is 1830 g/mol. The summed E-state index contributed by atoms with van der Waals surface area (Å²) in [6, 6.07) is 25.2. The number of nitrogens with zero attached hydrogens (tertiary/aromatic N) is 14. The Kier molecular flexibility index (Phi) is 26.7. The Morgan fingerprint density at radius 3 is 1.01 bits per heavy atom. The number of aromatic nitrogens is 16. The molecular weight excluding hydrogens is 1750 g/mol. The SMILES string of the molecule is C=CP(=O)(OCC1OC(n2cnc3c(NC(=O)c4ccccc4)ncnc32)CC1OP(=O)(C=C)OCC1OC(n2cnc3c(NC(=O)c4ccccc4)ncnc32)CC1OP(=O)(C=C)OCC1OC(n2cc(C)c(=O)[nH]c2=O)CC1C)OC1CC(n2cc(C)c(=O)[nH]c2=O)OC1COP(=O)(C=C)OC1CC(n2cnc3c(NC(=O)c4ccccc4)ncnc32)OC1CC. The van der Waals surface area contributed by atoms with Crippen molar-refractivity contribution < 1.29 is 92.5 Å². The van der Waals surface area contributed by atoms with Gasteiger partial charge in [-0.05, 0) is 69.0 Å². The molecule has 0 saturated carbocycles. The molecule has 5 saturated heterocycles. The summed E-state index contributed by atoms with van der Waals surface area (Å²) in [6.07, 6.45) is -5.28. The first-order chi connectivity index (χ1) is 61.6. The molecule has 0 bridgehead atoms. The second-order valence-electron chi connectivity index (χ2n) is 30.4. The highest BCUT2D eigenvalue weighted by molar-refractivity contribution is 7.58. The minimum atomic E-state index is -4.73. The van der Waals surface area contributed by atoms with E-state index in [4.69, 9.17) is 59.9 Å². The summed E-state index contributed by atoms with van der Waals surface area (Å²) in [6.45, 7) is 19.6. The summed E-state index contributed by atoms with van der Waals surface area (Å²) in [5.74, 6) is 2.28. The van der Waals surface area contributed by atoms with Crippen LogP contribution >= 0.6 is 30.4 Å². The molecule has 5 fully saturated rings. The maximum Gasteiger partial charge on any atom is 0.354 e. The number of carbonyl (C=O) groups is 3. The van der Waals surface area contributed by atoms with Crippen LogP contribution in [0.2, 0.25) is 0 Å². The molecule has 5 N–H and O–H groups in total. The van der Waals surface area contributed by atoms with Crippen molar-refractivity contribution in [2.24, 2.45) is 5.92 Å². The first-order valence-electron chi connectivity index (χ1n) is 40.4. The van der Waals surface area contributed by atoms with E-state index in [0.29, 0.717) is 35.2 Å². The Morgan fingerprint density at radius 1 is 0.414 bits per heavy atom. The third kappa shape index (κ3) is 19.4. The Hall–Kier alpha value is -11.6. The van der Waals surface area contributed by atoms with Gasteiger partial charge >= 0.3 is 41.8 Å². The van der Waals surface area contributed by atoms with Crippen LogP contribution in [0.4, 0.5) is 17.5 Å². The largest absolute Gasteiger partial charge is 0.354 e. The van der Waals surface area contributed by atoms with Crippen molar-refractivity contribution in [3.63, 3.8) is 0 Å². The number of nitrogens with one attached hydrogen (secondary N) is 5. The van der Waals surface area contributed by atoms with Gasteiger partial charge in [-0.1, -0.05) is 94.8 Å². The topological polar surface area (TPSA) is 516 Å². The molecular formula is C81H87N19O24P4. The normalized spacial score (nSPS) is 25.3. The van der Waals surface area contributed by atoms with Gasteiger partial charge in [-0.25, -0.2) is 54.4 Å². The molecule has 5 aliphatic heterocycles. The van der Waals surface area contributed by atoms with Crippen LogP contribution in [0, 0.1) is 19.8 Å². The molecule has 5 aliphatic rings. The number of H-pyrrole nitrogens is 2. The van der Waals surface area contributed by atoms with Crippen LogP contribution in [-0.4, -0.2) is 177 Å². The maximum absolute atomic E-state index is 15.7. The fourth-order valence-electron chi connectivity index (χ4n) is 15.3. The highest BCUT2D eigenvalue weighted by atomic mass is 31.2. The average Bonchev–Trinajstić information content (AvgIpc) is 1.63. The van der Waals surface area contributed by atoms with Crippen molar-refractivity contribution in [2.45, 2.75) is 152 Å². The number of anilines is 3. The van der Waals surface area contributed by atoms with Gasteiger partial charge in [0.05, 0.1) is 63.7 Å². The molecule has 0 radical (unpaired) electrons. The van der Waals surface area contributed by atoms with Gasteiger partial charge in [0.15, 0.2) is 50.9 Å². The lowest BCUT2D eigenvalue weighted by Gasteiger charge is -2.28. The Balaban J connectivity index is 0.654. The summed E-state index contributed by atoms with van der Waals surface area (Å²) in [5.41, 5.74) is -0.262. The molecule has 8 aromatic heterocycles. The lowest BCUT2D eigenvalue weighted by Crippen LogP contribution is -2.33. The number of aryl methyl sites for hydroxylation is 2. The van der Waals surface area contributed by atoms with Crippen LogP contribution in [-0.2, 0) is 78.1 Å².